The van der Waals surface area contributed by atoms with E-state index >= 15 is 0 Å². The maximum Gasteiger partial charge on any atom is 0.236 e. The second kappa shape index (κ2) is 10.8. The highest BCUT2D eigenvalue weighted by Crippen LogP contribution is 2.32. The standard InChI is InChI=1S/C23H21Cl2N5O2S2/c1-13-4-5-14(2)19(8-13)32-10-20-28-29-23(30(20)3)34-12-21(31)27-22-26-18(11-33-22)16-7-6-15(24)9-17(16)25/h4-9,11H,10,12H2,1-3H3,(H,26,27,31). The van der Waals surface area contributed by atoms with Gasteiger partial charge in [-0.25, -0.2) is 4.98 Å². The van der Waals surface area contributed by atoms with Gasteiger partial charge in [0.05, 0.1) is 16.5 Å². The summed E-state index contributed by atoms with van der Waals surface area (Å²) in [5, 5.41) is 15.2. The first kappa shape index (κ1) is 24.5. The van der Waals surface area contributed by atoms with Crippen molar-refractivity contribution in [3.05, 3.63) is 68.8 Å². The summed E-state index contributed by atoms with van der Waals surface area (Å²) in [6, 6.07) is 11.3. The molecule has 0 saturated carbocycles. The fraction of sp³-hybridized carbons (Fsp3) is 0.217. The number of thiazole rings is 1. The van der Waals surface area contributed by atoms with E-state index in [4.69, 9.17) is 27.9 Å². The number of aromatic nitrogens is 4. The van der Waals surface area contributed by atoms with E-state index in [2.05, 4.69) is 20.5 Å². The topological polar surface area (TPSA) is 81.9 Å². The number of ether oxygens (including phenoxy) is 1. The van der Waals surface area contributed by atoms with Gasteiger partial charge in [-0.3, -0.25) is 4.79 Å². The lowest BCUT2D eigenvalue weighted by molar-refractivity contribution is -0.113. The molecule has 2 heterocycles. The molecule has 0 aliphatic carbocycles. The minimum atomic E-state index is -0.190. The molecule has 1 N–H and O–H groups in total. The third-order valence-corrected chi connectivity index (χ3v) is 7.24. The molecule has 1 amide bonds. The molecule has 0 saturated heterocycles. The summed E-state index contributed by atoms with van der Waals surface area (Å²) in [6.45, 7) is 4.31. The fourth-order valence-corrected chi connectivity index (χ4v) is 5.00. The highest BCUT2D eigenvalue weighted by molar-refractivity contribution is 7.99. The number of nitrogens with zero attached hydrogens (tertiary/aromatic N) is 4. The Morgan fingerprint density at radius 3 is 2.79 bits per heavy atom. The normalized spacial score (nSPS) is 11.0. The molecule has 4 aromatic rings. The summed E-state index contributed by atoms with van der Waals surface area (Å²) in [7, 11) is 1.85. The molecular formula is C23H21Cl2N5O2S2. The first-order chi connectivity index (χ1) is 16.3. The highest BCUT2D eigenvalue weighted by Gasteiger charge is 2.15. The van der Waals surface area contributed by atoms with Crippen molar-refractivity contribution in [2.75, 3.05) is 11.1 Å². The molecule has 4 rings (SSSR count). The van der Waals surface area contributed by atoms with Crippen molar-refractivity contribution >= 4 is 57.3 Å². The predicted molar refractivity (Wildman–Crippen MR) is 138 cm³/mol. The molecule has 0 aliphatic rings. The zero-order valence-electron chi connectivity index (χ0n) is 18.6. The zero-order chi connectivity index (χ0) is 24.2. The lowest BCUT2D eigenvalue weighted by atomic mass is 10.1. The van der Waals surface area contributed by atoms with Gasteiger partial charge < -0.3 is 14.6 Å². The van der Waals surface area contributed by atoms with E-state index in [1.165, 1.54) is 23.1 Å². The van der Waals surface area contributed by atoms with E-state index in [-0.39, 0.29) is 18.3 Å². The monoisotopic (exact) mass is 533 g/mol. The average Bonchev–Trinajstić information content (AvgIpc) is 3.39. The number of benzene rings is 2. The van der Waals surface area contributed by atoms with Crippen molar-refractivity contribution in [1.29, 1.82) is 0 Å². The molecule has 2 aromatic heterocycles. The molecule has 0 unspecified atom stereocenters. The number of anilines is 1. The van der Waals surface area contributed by atoms with Crippen LogP contribution in [0.15, 0.2) is 46.9 Å². The number of thioether (sulfide) groups is 1. The van der Waals surface area contributed by atoms with Crippen LogP contribution < -0.4 is 10.1 Å². The van der Waals surface area contributed by atoms with Crippen molar-refractivity contribution in [3.8, 4) is 17.0 Å². The molecule has 7 nitrogen and oxygen atoms in total. The van der Waals surface area contributed by atoms with Crippen molar-refractivity contribution < 1.29 is 9.53 Å². The highest BCUT2D eigenvalue weighted by atomic mass is 35.5. The van der Waals surface area contributed by atoms with Crippen LogP contribution in [-0.4, -0.2) is 31.4 Å². The zero-order valence-corrected chi connectivity index (χ0v) is 21.8. The Morgan fingerprint density at radius 2 is 2.00 bits per heavy atom. The van der Waals surface area contributed by atoms with E-state index in [0.29, 0.717) is 31.9 Å². The van der Waals surface area contributed by atoms with Crippen LogP contribution in [0.5, 0.6) is 5.75 Å². The van der Waals surface area contributed by atoms with Gasteiger partial charge in [0.2, 0.25) is 5.91 Å². The van der Waals surface area contributed by atoms with Gasteiger partial charge >= 0.3 is 0 Å². The number of amides is 1. The second-order valence-corrected chi connectivity index (χ2v) is 10.2. The smallest absolute Gasteiger partial charge is 0.236 e. The Morgan fingerprint density at radius 1 is 1.18 bits per heavy atom. The third kappa shape index (κ3) is 5.90. The summed E-state index contributed by atoms with van der Waals surface area (Å²) in [4.78, 5) is 16.9. The lowest BCUT2D eigenvalue weighted by Gasteiger charge is -2.09. The molecule has 0 spiro atoms. The minimum absolute atomic E-state index is 0.167. The van der Waals surface area contributed by atoms with Crippen molar-refractivity contribution in [2.45, 2.75) is 25.6 Å². The Balaban J connectivity index is 1.32. The average molecular weight is 534 g/mol. The van der Waals surface area contributed by atoms with Gasteiger partial charge in [-0.2, -0.15) is 0 Å². The van der Waals surface area contributed by atoms with Gasteiger partial charge in [0, 0.05) is 23.0 Å². The molecule has 0 aliphatic heterocycles. The molecule has 34 heavy (non-hydrogen) atoms. The van der Waals surface area contributed by atoms with Crippen LogP contribution in [0.4, 0.5) is 5.13 Å². The molecule has 0 radical (unpaired) electrons. The van der Waals surface area contributed by atoms with E-state index in [1.54, 1.807) is 18.2 Å². The number of halogens is 2. The summed E-state index contributed by atoms with van der Waals surface area (Å²) in [5.41, 5.74) is 3.62. The lowest BCUT2D eigenvalue weighted by Crippen LogP contribution is -2.14. The van der Waals surface area contributed by atoms with Crippen LogP contribution in [0.2, 0.25) is 10.0 Å². The maximum absolute atomic E-state index is 12.5. The predicted octanol–water partition coefficient (Wildman–Crippen LogP) is 6.17. The van der Waals surface area contributed by atoms with E-state index in [0.717, 1.165) is 22.4 Å². The van der Waals surface area contributed by atoms with Gasteiger partial charge in [0.25, 0.3) is 0 Å². The SMILES string of the molecule is Cc1ccc(C)c(OCc2nnc(SCC(=O)Nc3nc(-c4ccc(Cl)cc4Cl)cs3)n2C)c1. The summed E-state index contributed by atoms with van der Waals surface area (Å²) >= 11 is 14.8. The first-order valence-electron chi connectivity index (χ1n) is 10.2. The maximum atomic E-state index is 12.5. The quantitative estimate of drug-likeness (QED) is 0.272. The number of aryl methyl sites for hydroxylation is 2. The molecular weight excluding hydrogens is 513 g/mol. The number of hydrogen-bond donors (Lipinski definition) is 1. The van der Waals surface area contributed by atoms with Crippen LogP contribution >= 0.6 is 46.3 Å². The number of rotatable bonds is 8. The number of carbonyl (C=O) groups excluding carboxylic acids is 1. The summed E-state index contributed by atoms with van der Waals surface area (Å²) < 4.78 is 7.75. The third-order valence-electron chi connectivity index (χ3n) is 4.92. The minimum Gasteiger partial charge on any atom is -0.485 e. The summed E-state index contributed by atoms with van der Waals surface area (Å²) in [6.07, 6.45) is 0. The van der Waals surface area contributed by atoms with Crippen molar-refractivity contribution in [3.63, 3.8) is 0 Å². The van der Waals surface area contributed by atoms with Crippen LogP contribution in [0.25, 0.3) is 11.3 Å². The molecule has 0 bridgehead atoms. The summed E-state index contributed by atoms with van der Waals surface area (Å²) in [5.74, 6) is 1.47. The molecule has 0 atom stereocenters. The van der Waals surface area contributed by atoms with Gasteiger partial charge in [0.1, 0.15) is 12.4 Å². The van der Waals surface area contributed by atoms with Crippen LogP contribution in [0, 0.1) is 13.8 Å². The molecule has 2 aromatic carbocycles. The van der Waals surface area contributed by atoms with E-state index < -0.39 is 0 Å². The van der Waals surface area contributed by atoms with Crippen LogP contribution in [0.1, 0.15) is 17.0 Å². The van der Waals surface area contributed by atoms with Crippen molar-refractivity contribution in [2.24, 2.45) is 7.05 Å². The fourth-order valence-electron chi connectivity index (χ4n) is 3.04. The molecule has 11 heteroatoms. The number of nitrogens with one attached hydrogen (secondary N) is 1. The number of hydrogen-bond acceptors (Lipinski definition) is 7. The van der Waals surface area contributed by atoms with Crippen molar-refractivity contribution in [1.82, 2.24) is 19.7 Å². The molecule has 0 fully saturated rings. The van der Waals surface area contributed by atoms with Gasteiger partial charge in [-0.1, -0.05) is 47.1 Å². The van der Waals surface area contributed by atoms with E-state index in [1.807, 2.05) is 49.0 Å². The second-order valence-electron chi connectivity index (χ2n) is 7.51. The Hall–Kier alpha value is -2.59. The van der Waals surface area contributed by atoms with Crippen LogP contribution in [0.3, 0.4) is 0 Å². The van der Waals surface area contributed by atoms with E-state index in [9.17, 15) is 4.79 Å². The van der Waals surface area contributed by atoms with Crippen LogP contribution in [-0.2, 0) is 18.4 Å². The Kier molecular flexibility index (Phi) is 7.77. The largest absolute Gasteiger partial charge is 0.485 e. The van der Waals surface area contributed by atoms with Gasteiger partial charge in [-0.05, 0) is 49.2 Å². The van der Waals surface area contributed by atoms with Gasteiger partial charge in [-0.15, -0.1) is 21.5 Å². The Bertz CT molecular complexity index is 1340. The number of carbonyl (C=O) groups is 1. The van der Waals surface area contributed by atoms with Gasteiger partial charge in [0.15, 0.2) is 16.1 Å². The Labute approximate surface area is 215 Å². The molecule has 176 valence electrons. The first-order valence-corrected chi connectivity index (χ1v) is 12.8.